The number of pyridine rings is 1. The van der Waals surface area contributed by atoms with Crippen molar-refractivity contribution in [3.05, 3.63) is 53.6 Å². The first-order valence-electron chi connectivity index (χ1n) is 6.45. The first kappa shape index (κ1) is 13.9. The highest BCUT2D eigenvalue weighted by Crippen LogP contribution is 2.25. The fraction of sp³-hybridized carbons (Fsp3) is 0.200. The van der Waals surface area contributed by atoms with Crippen molar-refractivity contribution in [2.75, 3.05) is 5.88 Å². The van der Waals surface area contributed by atoms with Gasteiger partial charge in [-0.05, 0) is 24.6 Å². The number of halogens is 3. The number of alkyl halides is 1. The van der Waals surface area contributed by atoms with Crippen molar-refractivity contribution < 1.29 is 8.78 Å². The van der Waals surface area contributed by atoms with E-state index in [0.717, 1.165) is 0 Å². The molecule has 0 aliphatic rings. The van der Waals surface area contributed by atoms with Crippen LogP contribution in [0.2, 0.25) is 0 Å². The predicted octanol–water partition coefficient (Wildman–Crippen LogP) is 3.79. The normalized spacial score (nSPS) is 11.2. The maximum absolute atomic E-state index is 14.3. The van der Waals surface area contributed by atoms with Gasteiger partial charge in [0.25, 0.3) is 0 Å². The maximum atomic E-state index is 14.3. The molecule has 0 bridgehead atoms. The molecule has 0 fully saturated rings. The number of nitrogens with zero attached hydrogens (tertiary/aromatic N) is 3. The van der Waals surface area contributed by atoms with Crippen LogP contribution in [-0.2, 0) is 6.42 Å². The minimum absolute atomic E-state index is 0.131. The quantitative estimate of drug-likeness (QED) is 0.689. The summed E-state index contributed by atoms with van der Waals surface area (Å²) in [6.07, 6.45) is 3.63. The van der Waals surface area contributed by atoms with Crippen molar-refractivity contribution in [1.82, 2.24) is 14.5 Å². The van der Waals surface area contributed by atoms with Crippen molar-refractivity contribution >= 4 is 22.6 Å². The van der Waals surface area contributed by atoms with Gasteiger partial charge < -0.3 is 0 Å². The van der Waals surface area contributed by atoms with Crippen LogP contribution in [0.5, 0.6) is 0 Å². The largest absolute Gasteiger partial charge is 0.293 e. The van der Waals surface area contributed by atoms with Crippen LogP contribution in [0.4, 0.5) is 8.78 Å². The SMILES string of the molecule is Cc1cc(F)c(-n2c(CCCl)nc3cnccc32)cc1F. The molecule has 0 aliphatic heterocycles. The zero-order valence-electron chi connectivity index (χ0n) is 11.3. The Morgan fingerprint density at radius 1 is 1.24 bits per heavy atom. The van der Waals surface area contributed by atoms with Crippen molar-refractivity contribution in [2.24, 2.45) is 0 Å². The summed E-state index contributed by atoms with van der Waals surface area (Å²) in [4.78, 5) is 8.40. The number of aromatic nitrogens is 3. The van der Waals surface area contributed by atoms with Gasteiger partial charge in [-0.2, -0.15) is 0 Å². The van der Waals surface area contributed by atoms with Gasteiger partial charge >= 0.3 is 0 Å². The number of hydrogen-bond donors (Lipinski definition) is 0. The number of fused-ring (bicyclic) bond motifs is 1. The molecule has 3 aromatic rings. The Balaban J connectivity index is 2.32. The lowest BCUT2D eigenvalue weighted by atomic mass is 10.2. The van der Waals surface area contributed by atoms with Gasteiger partial charge in [0.15, 0.2) is 0 Å². The zero-order valence-corrected chi connectivity index (χ0v) is 12.0. The summed E-state index contributed by atoms with van der Waals surface area (Å²) in [5.41, 5.74) is 1.69. The number of imidazole rings is 1. The van der Waals surface area contributed by atoms with Gasteiger partial charge in [0.1, 0.15) is 23.0 Å². The van der Waals surface area contributed by atoms with Gasteiger partial charge in [-0.15, -0.1) is 11.6 Å². The summed E-state index contributed by atoms with van der Waals surface area (Å²) in [7, 11) is 0. The van der Waals surface area contributed by atoms with Crippen molar-refractivity contribution in [3.63, 3.8) is 0 Å². The Labute approximate surface area is 125 Å². The van der Waals surface area contributed by atoms with Crippen LogP contribution < -0.4 is 0 Å². The Morgan fingerprint density at radius 3 is 2.81 bits per heavy atom. The standard InChI is InChI=1S/C15H12ClF2N3/c1-9-6-11(18)14(7-10(9)17)21-13-3-5-19-8-12(13)20-15(21)2-4-16/h3,5-8H,2,4H2,1H3. The van der Waals surface area contributed by atoms with Gasteiger partial charge in [0.05, 0.1) is 17.4 Å². The summed E-state index contributed by atoms with van der Waals surface area (Å²) < 4.78 is 29.7. The maximum Gasteiger partial charge on any atom is 0.147 e. The molecule has 0 saturated carbocycles. The van der Waals surface area contributed by atoms with E-state index in [1.807, 2.05) is 0 Å². The number of hydrogen-bond acceptors (Lipinski definition) is 2. The van der Waals surface area contributed by atoms with E-state index < -0.39 is 11.6 Å². The van der Waals surface area contributed by atoms with Crippen LogP contribution in [0.15, 0.2) is 30.6 Å². The molecular formula is C15H12ClF2N3. The summed E-state index contributed by atoms with van der Waals surface area (Å²) in [6, 6.07) is 4.09. The van der Waals surface area contributed by atoms with Crippen LogP contribution in [0.25, 0.3) is 16.7 Å². The second-order valence-corrected chi connectivity index (χ2v) is 5.10. The molecule has 0 aliphatic carbocycles. The molecule has 6 heteroatoms. The minimum atomic E-state index is -0.499. The van der Waals surface area contributed by atoms with Crippen molar-refractivity contribution in [2.45, 2.75) is 13.3 Å². The second-order valence-electron chi connectivity index (χ2n) is 4.72. The molecule has 0 unspecified atom stereocenters. The van der Waals surface area contributed by atoms with Crippen LogP contribution in [0.3, 0.4) is 0 Å². The van der Waals surface area contributed by atoms with Gasteiger partial charge in [-0.1, -0.05) is 0 Å². The topological polar surface area (TPSA) is 30.7 Å². The van der Waals surface area contributed by atoms with Crippen LogP contribution in [0.1, 0.15) is 11.4 Å². The van der Waals surface area contributed by atoms with E-state index in [4.69, 9.17) is 11.6 Å². The van der Waals surface area contributed by atoms with E-state index >= 15 is 0 Å². The summed E-state index contributed by atoms with van der Waals surface area (Å²) in [5, 5.41) is 0. The summed E-state index contributed by atoms with van der Waals surface area (Å²) in [6.45, 7) is 1.53. The average Bonchev–Trinajstić information content (AvgIpc) is 2.81. The molecule has 1 aromatic carbocycles. The smallest absolute Gasteiger partial charge is 0.147 e. The molecule has 2 aromatic heterocycles. The summed E-state index contributed by atoms with van der Waals surface area (Å²) >= 11 is 5.78. The van der Waals surface area contributed by atoms with Crippen molar-refractivity contribution in [1.29, 1.82) is 0 Å². The molecule has 21 heavy (non-hydrogen) atoms. The van der Waals surface area contributed by atoms with E-state index in [-0.39, 0.29) is 11.3 Å². The zero-order chi connectivity index (χ0) is 15.0. The first-order chi connectivity index (χ1) is 10.1. The third kappa shape index (κ3) is 2.38. The average molecular weight is 308 g/mol. The fourth-order valence-corrected chi connectivity index (χ4v) is 2.48. The molecule has 0 amide bonds. The van der Waals surface area contributed by atoms with E-state index in [1.165, 1.54) is 19.1 Å². The number of rotatable bonds is 3. The van der Waals surface area contributed by atoms with Crippen LogP contribution in [0, 0.1) is 18.6 Å². The molecular weight excluding hydrogens is 296 g/mol. The minimum Gasteiger partial charge on any atom is -0.293 e. The lowest BCUT2D eigenvalue weighted by Gasteiger charge is -2.11. The summed E-state index contributed by atoms with van der Waals surface area (Å²) in [5.74, 6) is -0.0395. The Bertz CT molecular complexity index is 814. The first-order valence-corrected chi connectivity index (χ1v) is 6.98. The number of benzene rings is 1. The molecule has 108 valence electrons. The second kappa shape index (κ2) is 5.41. The highest BCUT2D eigenvalue weighted by molar-refractivity contribution is 6.17. The lowest BCUT2D eigenvalue weighted by molar-refractivity contribution is 0.585. The molecule has 0 saturated heterocycles. The van der Waals surface area contributed by atoms with Crippen LogP contribution >= 0.6 is 11.6 Å². The monoisotopic (exact) mass is 307 g/mol. The molecule has 0 spiro atoms. The van der Waals surface area contributed by atoms with Crippen LogP contribution in [-0.4, -0.2) is 20.4 Å². The molecule has 0 N–H and O–H groups in total. The van der Waals surface area contributed by atoms with Crippen molar-refractivity contribution in [3.8, 4) is 5.69 Å². The van der Waals surface area contributed by atoms with E-state index in [2.05, 4.69) is 9.97 Å². The van der Waals surface area contributed by atoms with E-state index in [0.29, 0.717) is 29.2 Å². The Kier molecular flexibility index (Phi) is 3.59. The highest BCUT2D eigenvalue weighted by atomic mass is 35.5. The number of aryl methyl sites for hydroxylation is 2. The molecule has 3 rings (SSSR count). The molecule has 2 heterocycles. The Hall–Kier alpha value is -2.01. The van der Waals surface area contributed by atoms with Gasteiger partial charge in [0, 0.05) is 24.6 Å². The van der Waals surface area contributed by atoms with Gasteiger partial charge in [0.2, 0.25) is 0 Å². The third-order valence-corrected chi connectivity index (χ3v) is 3.50. The van der Waals surface area contributed by atoms with Gasteiger partial charge in [-0.25, -0.2) is 13.8 Å². The lowest BCUT2D eigenvalue weighted by Crippen LogP contribution is -2.05. The Morgan fingerprint density at radius 2 is 2.05 bits per heavy atom. The van der Waals surface area contributed by atoms with E-state index in [1.54, 1.807) is 23.0 Å². The molecule has 3 nitrogen and oxygen atoms in total. The fourth-order valence-electron chi connectivity index (χ4n) is 2.31. The molecule has 0 radical (unpaired) electrons. The van der Waals surface area contributed by atoms with E-state index in [9.17, 15) is 8.78 Å². The highest BCUT2D eigenvalue weighted by Gasteiger charge is 2.16. The molecule has 0 atom stereocenters. The van der Waals surface area contributed by atoms with Gasteiger partial charge in [-0.3, -0.25) is 9.55 Å². The predicted molar refractivity (Wildman–Crippen MR) is 77.9 cm³/mol. The third-order valence-electron chi connectivity index (χ3n) is 3.31.